The van der Waals surface area contributed by atoms with Gasteiger partial charge in [0, 0.05) is 37.9 Å². The van der Waals surface area contributed by atoms with E-state index in [1.54, 1.807) is 0 Å². The summed E-state index contributed by atoms with van der Waals surface area (Å²) in [5.41, 5.74) is 2.15. The lowest BCUT2D eigenvalue weighted by Crippen LogP contribution is -2.24. The first kappa shape index (κ1) is 13.5. The fraction of sp³-hybridized carbons (Fsp3) is 0.538. The molecule has 17 heavy (non-hydrogen) atoms. The second-order valence-electron chi connectivity index (χ2n) is 3.84. The Morgan fingerprint density at radius 1 is 1.47 bits per heavy atom. The summed E-state index contributed by atoms with van der Waals surface area (Å²) in [4.78, 5) is 6.58. The first-order valence-corrected chi connectivity index (χ1v) is 6.08. The van der Waals surface area contributed by atoms with Gasteiger partial charge in [-0.2, -0.15) is 5.26 Å². The molecule has 1 aromatic rings. The molecule has 0 amide bonds. The molecular formula is C13H20N4. The van der Waals surface area contributed by atoms with Crippen LogP contribution >= 0.6 is 0 Å². The molecule has 4 nitrogen and oxygen atoms in total. The summed E-state index contributed by atoms with van der Waals surface area (Å²) >= 11 is 0. The van der Waals surface area contributed by atoms with Crippen LogP contribution in [-0.2, 0) is 6.54 Å². The highest BCUT2D eigenvalue weighted by molar-refractivity contribution is 5.42. The van der Waals surface area contributed by atoms with Crippen molar-refractivity contribution in [2.45, 2.75) is 26.8 Å². The molecule has 0 spiro atoms. The minimum atomic E-state index is 0.570. The van der Waals surface area contributed by atoms with E-state index in [2.05, 4.69) is 41.2 Å². The van der Waals surface area contributed by atoms with Gasteiger partial charge in [0.2, 0.25) is 0 Å². The monoisotopic (exact) mass is 232 g/mol. The fourth-order valence-corrected chi connectivity index (χ4v) is 1.66. The number of nitrogens with one attached hydrogen (secondary N) is 1. The lowest BCUT2D eigenvalue weighted by atomic mass is 10.3. The summed E-state index contributed by atoms with van der Waals surface area (Å²) < 4.78 is 0. The maximum Gasteiger partial charge on any atom is 0.0635 e. The normalized spacial score (nSPS) is 10.2. The molecule has 0 aliphatic heterocycles. The number of anilines is 1. The smallest absolute Gasteiger partial charge is 0.0635 e. The van der Waals surface area contributed by atoms with Gasteiger partial charge < -0.3 is 5.32 Å². The Hall–Kier alpha value is -1.60. The maximum atomic E-state index is 8.59. The summed E-state index contributed by atoms with van der Waals surface area (Å²) in [7, 11) is 0. The number of nitriles is 1. The van der Waals surface area contributed by atoms with Crippen LogP contribution < -0.4 is 5.32 Å². The van der Waals surface area contributed by atoms with E-state index in [4.69, 9.17) is 5.26 Å². The van der Waals surface area contributed by atoms with Gasteiger partial charge in [0.15, 0.2) is 0 Å². The lowest BCUT2D eigenvalue weighted by Gasteiger charge is -2.18. The molecule has 1 rings (SSSR count). The van der Waals surface area contributed by atoms with Crippen molar-refractivity contribution in [3.63, 3.8) is 0 Å². The van der Waals surface area contributed by atoms with Crippen LogP contribution in [0.4, 0.5) is 5.69 Å². The SMILES string of the molecule is CCNc1ccnc(CN(CC)CCC#N)c1. The number of hydrogen-bond donors (Lipinski definition) is 1. The van der Waals surface area contributed by atoms with Crippen LogP contribution in [0.25, 0.3) is 0 Å². The molecule has 0 saturated carbocycles. The van der Waals surface area contributed by atoms with Gasteiger partial charge in [-0.1, -0.05) is 6.92 Å². The fourth-order valence-electron chi connectivity index (χ4n) is 1.66. The van der Waals surface area contributed by atoms with Gasteiger partial charge in [-0.3, -0.25) is 9.88 Å². The molecule has 0 aliphatic carbocycles. The molecule has 0 atom stereocenters. The van der Waals surface area contributed by atoms with Gasteiger partial charge in [0.05, 0.1) is 11.8 Å². The molecule has 0 aromatic carbocycles. The number of pyridine rings is 1. The molecule has 1 aromatic heterocycles. The van der Waals surface area contributed by atoms with Crippen LogP contribution in [0.15, 0.2) is 18.3 Å². The van der Waals surface area contributed by atoms with Crippen molar-refractivity contribution in [2.75, 3.05) is 25.0 Å². The Balaban J connectivity index is 2.59. The number of hydrogen-bond acceptors (Lipinski definition) is 4. The lowest BCUT2D eigenvalue weighted by molar-refractivity contribution is 0.283. The van der Waals surface area contributed by atoms with Crippen molar-refractivity contribution in [1.82, 2.24) is 9.88 Å². The van der Waals surface area contributed by atoms with E-state index >= 15 is 0 Å². The molecule has 1 heterocycles. The maximum absolute atomic E-state index is 8.59. The average molecular weight is 232 g/mol. The van der Waals surface area contributed by atoms with Crippen LogP contribution in [0.5, 0.6) is 0 Å². The zero-order valence-electron chi connectivity index (χ0n) is 10.6. The Bertz CT molecular complexity index is 370. The van der Waals surface area contributed by atoms with E-state index in [-0.39, 0.29) is 0 Å². The van der Waals surface area contributed by atoms with Crippen LogP contribution in [0.2, 0.25) is 0 Å². The van der Waals surface area contributed by atoms with Crippen molar-refractivity contribution >= 4 is 5.69 Å². The minimum Gasteiger partial charge on any atom is -0.385 e. The van der Waals surface area contributed by atoms with Crippen molar-refractivity contribution in [1.29, 1.82) is 5.26 Å². The highest BCUT2D eigenvalue weighted by Gasteiger charge is 2.04. The second-order valence-corrected chi connectivity index (χ2v) is 3.84. The van der Waals surface area contributed by atoms with E-state index in [1.807, 2.05) is 12.3 Å². The van der Waals surface area contributed by atoms with Gasteiger partial charge in [-0.05, 0) is 25.6 Å². The van der Waals surface area contributed by atoms with Crippen molar-refractivity contribution in [2.24, 2.45) is 0 Å². The van der Waals surface area contributed by atoms with Crippen LogP contribution in [0.1, 0.15) is 26.0 Å². The predicted molar refractivity (Wildman–Crippen MR) is 69.6 cm³/mol. The van der Waals surface area contributed by atoms with Gasteiger partial charge in [0.25, 0.3) is 0 Å². The topological polar surface area (TPSA) is 52.0 Å². The number of aromatic nitrogens is 1. The average Bonchev–Trinajstić information content (AvgIpc) is 2.35. The summed E-state index contributed by atoms with van der Waals surface area (Å²) in [5, 5.41) is 11.9. The van der Waals surface area contributed by atoms with E-state index in [0.29, 0.717) is 6.42 Å². The van der Waals surface area contributed by atoms with Crippen LogP contribution in [0, 0.1) is 11.3 Å². The van der Waals surface area contributed by atoms with E-state index in [0.717, 1.165) is 37.6 Å². The summed E-state index contributed by atoms with van der Waals surface area (Å²) in [6, 6.07) is 6.21. The van der Waals surface area contributed by atoms with Crippen LogP contribution in [0.3, 0.4) is 0 Å². The van der Waals surface area contributed by atoms with Gasteiger partial charge in [0.1, 0.15) is 0 Å². The third-order valence-electron chi connectivity index (χ3n) is 2.57. The second kappa shape index (κ2) is 7.64. The van der Waals surface area contributed by atoms with Gasteiger partial charge >= 0.3 is 0 Å². The third kappa shape index (κ3) is 4.83. The Labute approximate surface area is 103 Å². The first-order chi connectivity index (χ1) is 8.30. The third-order valence-corrected chi connectivity index (χ3v) is 2.57. The highest BCUT2D eigenvalue weighted by Crippen LogP contribution is 2.09. The highest BCUT2D eigenvalue weighted by atomic mass is 15.1. The Morgan fingerprint density at radius 2 is 2.29 bits per heavy atom. The predicted octanol–water partition coefficient (Wildman–Crippen LogP) is 2.25. The Morgan fingerprint density at radius 3 is 2.94 bits per heavy atom. The van der Waals surface area contributed by atoms with Crippen molar-refractivity contribution < 1.29 is 0 Å². The van der Waals surface area contributed by atoms with E-state index in [9.17, 15) is 0 Å². The van der Waals surface area contributed by atoms with Crippen molar-refractivity contribution in [3.8, 4) is 6.07 Å². The molecule has 1 N–H and O–H groups in total. The zero-order chi connectivity index (χ0) is 12.5. The van der Waals surface area contributed by atoms with Crippen LogP contribution in [-0.4, -0.2) is 29.5 Å². The van der Waals surface area contributed by atoms with Gasteiger partial charge in [-0.15, -0.1) is 0 Å². The largest absolute Gasteiger partial charge is 0.385 e. The quantitative estimate of drug-likeness (QED) is 0.783. The molecule has 4 heteroatoms. The molecule has 0 radical (unpaired) electrons. The summed E-state index contributed by atoms with van der Waals surface area (Å²) in [5.74, 6) is 0. The van der Waals surface area contributed by atoms with Gasteiger partial charge in [-0.25, -0.2) is 0 Å². The number of nitrogens with zero attached hydrogens (tertiary/aromatic N) is 3. The molecule has 0 fully saturated rings. The molecule has 0 bridgehead atoms. The first-order valence-electron chi connectivity index (χ1n) is 6.08. The Kier molecular flexibility index (Phi) is 6.05. The minimum absolute atomic E-state index is 0.570. The summed E-state index contributed by atoms with van der Waals surface area (Å²) in [6.07, 6.45) is 2.40. The molecule has 0 unspecified atom stereocenters. The summed E-state index contributed by atoms with van der Waals surface area (Å²) in [6.45, 7) is 7.64. The molecule has 92 valence electrons. The molecular weight excluding hydrogens is 212 g/mol. The van der Waals surface area contributed by atoms with E-state index < -0.39 is 0 Å². The zero-order valence-corrected chi connectivity index (χ0v) is 10.6. The number of rotatable bonds is 7. The van der Waals surface area contributed by atoms with Crippen molar-refractivity contribution in [3.05, 3.63) is 24.0 Å². The standard InChI is InChI=1S/C13H20N4/c1-3-15-12-6-8-16-13(10-12)11-17(4-2)9-5-7-14/h6,8,10H,3-5,9,11H2,1-2H3,(H,15,16). The van der Waals surface area contributed by atoms with E-state index in [1.165, 1.54) is 0 Å². The molecule has 0 saturated heterocycles. The molecule has 0 aliphatic rings.